The molecule has 0 fully saturated rings. The number of hydrogen-bond acceptors (Lipinski definition) is 5. The lowest BCUT2D eigenvalue weighted by molar-refractivity contribution is 0.0847. The molecule has 0 spiro atoms. The molecular formula is C30H36O5. The number of carbonyl (C=O) groups excluding carboxylic acids is 3. The van der Waals surface area contributed by atoms with Crippen molar-refractivity contribution < 1.29 is 23.9 Å². The molecule has 3 rings (SSSR count). The maximum atomic E-state index is 11.1. The predicted octanol–water partition coefficient (Wildman–Crippen LogP) is 6.60. The Balaban J connectivity index is 0.000000264. The molecule has 0 aliphatic carbocycles. The summed E-state index contributed by atoms with van der Waals surface area (Å²) in [6.45, 7) is 9.76. The first-order valence-electron chi connectivity index (χ1n) is 11.3. The minimum Gasteiger partial charge on any atom is -0.496 e. The lowest BCUT2D eigenvalue weighted by atomic mass is 9.86. The van der Waals surface area contributed by atoms with Crippen LogP contribution in [0, 0.1) is 0 Å². The third-order valence-electron chi connectivity index (χ3n) is 5.01. The SMILES string of the molecule is CC(=O)c1ccc(C(C)(C)C)cc1.COCC(=O)c1ccccc1.COc1ccccc1C(C)=O. The second kappa shape index (κ2) is 14.6. The molecule has 0 atom stereocenters. The first-order valence-corrected chi connectivity index (χ1v) is 11.3. The number of methoxy groups -OCH3 is 2. The van der Waals surface area contributed by atoms with Crippen LogP contribution >= 0.6 is 0 Å². The van der Waals surface area contributed by atoms with Gasteiger partial charge in [0.05, 0.1) is 12.7 Å². The molecule has 186 valence electrons. The van der Waals surface area contributed by atoms with Crippen molar-refractivity contribution in [3.05, 3.63) is 101 Å². The number of para-hydroxylation sites is 1. The van der Waals surface area contributed by atoms with E-state index in [2.05, 4.69) is 20.8 Å². The number of ether oxygens (including phenoxy) is 2. The van der Waals surface area contributed by atoms with Gasteiger partial charge in [-0.05, 0) is 37.0 Å². The average Bonchev–Trinajstić information content (AvgIpc) is 2.85. The standard InChI is InChI=1S/C12H16O.2C9H10O2/c1-9(13)10-5-7-11(8-6-10)12(2,3)4;1-7(10)8-5-3-4-6-9(8)11-2;1-11-7-9(10)8-5-3-2-4-6-8/h5-8H,1-4H3;3-6H,1-2H3;2-6H,7H2,1H3. The monoisotopic (exact) mass is 476 g/mol. The van der Waals surface area contributed by atoms with Crippen LogP contribution in [0.1, 0.15) is 71.3 Å². The Morgan fingerprint density at radius 3 is 1.66 bits per heavy atom. The minimum atomic E-state index is 0.0214. The van der Waals surface area contributed by atoms with Crippen molar-refractivity contribution >= 4 is 17.3 Å². The smallest absolute Gasteiger partial charge is 0.188 e. The van der Waals surface area contributed by atoms with Gasteiger partial charge in [0.1, 0.15) is 12.4 Å². The normalized spacial score (nSPS) is 10.1. The summed E-state index contributed by atoms with van der Waals surface area (Å²) >= 11 is 0. The van der Waals surface area contributed by atoms with Crippen molar-refractivity contribution in [1.82, 2.24) is 0 Å². The quantitative estimate of drug-likeness (QED) is 0.375. The number of hydrogen-bond donors (Lipinski definition) is 0. The molecule has 0 saturated carbocycles. The summed E-state index contributed by atoms with van der Waals surface area (Å²) < 4.78 is 9.69. The van der Waals surface area contributed by atoms with Crippen LogP contribution in [-0.4, -0.2) is 38.2 Å². The van der Waals surface area contributed by atoms with Gasteiger partial charge in [-0.1, -0.05) is 87.5 Å². The highest BCUT2D eigenvalue weighted by Crippen LogP contribution is 2.22. The summed E-state index contributed by atoms with van der Waals surface area (Å²) in [5.74, 6) is 0.816. The summed E-state index contributed by atoms with van der Waals surface area (Å²) in [5, 5.41) is 0. The molecular weight excluding hydrogens is 440 g/mol. The highest BCUT2D eigenvalue weighted by Gasteiger charge is 2.13. The Morgan fingerprint density at radius 2 is 1.23 bits per heavy atom. The Hall–Kier alpha value is -3.57. The van der Waals surface area contributed by atoms with Crippen molar-refractivity contribution in [1.29, 1.82) is 0 Å². The van der Waals surface area contributed by atoms with Crippen LogP contribution in [0.25, 0.3) is 0 Å². The van der Waals surface area contributed by atoms with E-state index in [1.807, 2.05) is 54.6 Å². The third kappa shape index (κ3) is 10.5. The number of carbonyl (C=O) groups is 3. The van der Waals surface area contributed by atoms with Gasteiger partial charge in [0.2, 0.25) is 0 Å². The first-order chi connectivity index (χ1) is 16.5. The maximum absolute atomic E-state index is 11.1. The van der Waals surface area contributed by atoms with E-state index in [4.69, 9.17) is 9.47 Å². The van der Waals surface area contributed by atoms with Crippen molar-refractivity contribution in [3.8, 4) is 5.75 Å². The Bertz CT molecular complexity index is 1080. The van der Waals surface area contributed by atoms with Gasteiger partial charge in [-0.2, -0.15) is 0 Å². The summed E-state index contributed by atoms with van der Waals surface area (Å²) in [4.78, 5) is 33.1. The fraction of sp³-hybridized carbons (Fsp3) is 0.300. The van der Waals surface area contributed by atoms with Gasteiger partial charge < -0.3 is 9.47 Å². The van der Waals surface area contributed by atoms with E-state index >= 15 is 0 Å². The van der Waals surface area contributed by atoms with Gasteiger partial charge in [-0.15, -0.1) is 0 Å². The van der Waals surface area contributed by atoms with Gasteiger partial charge in [0, 0.05) is 18.2 Å². The molecule has 0 unspecified atom stereocenters. The Morgan fingerprint density at radius 1 is 0.686 bits per heavy atom. The molecule has 0 amide bonds. The second-order valence-corrected chi connectivity index (χ2v) is 8.86. The van der Waals surface area contributed by atoms with Gasteiger partial charge in [0.15, 0.2) is 17.3 Å². The van der Waals surface area contributed by atoms with Gasteiger partial charge >= 0.3 is 0 Å². The van der Waals surface area contributed by atoms with E-state index in [9.17, 15) is 14.4 Å². The van der Waals surface area contributed by atoms with E-state index in [-0.39, 0.29) is 29.4 Å². The van der Waals surface area contributed by atoms with Crippen LogP contribution in [0.5, 0.6) is 5.75 Å². The molecule has 0 aliphatic heterocycles. The molecule has 0 N–H and O–H groups in total. The summed E-state index contributed by atoms with van der Waals surface area (Å²) in [7, 11) is 3.07. The van der Waals surface area contributed by atoms with Crippen LogP contribution < -0.4 is 4.74 Å². The lowest BCUT2D eigenvalue weighted by Gasteiger charge is -2.18. The Kier molecular flexibility index (Phi) is 12.3. The molecule has 35 heavy (non-hydrogen) atoms. The highest BCUT2D eigenvalue weighted by atomic mass is 16.5. The lowest BCUT2D eigenvalue weighted by Crippen LogP contribution is -2.10. The van der Waals surface area contributed by atoms with Crippen LogP contribution in [-0.2, 0) is 10.2 Å². The maximum Gasteiger partial charge on any atom is 0.188 e. The third-order valence-corrected chi connectivity index (χ3v) is 5.01. The number of Topliss-reactive ketones (excluding diaryl/α,β-unsaturated/α-hetero) is 3. The summed E-state index contributed by atoms with van der Waals surface area (Å²) in [6.07, 6.45) is 0. The number of rotatable bonds is 6. The van der Waals surface area contributed by atoms with E-state index in [1.54, 1.807) is 38.3 Å². The van der Waals surface area contributed by atoms with E-state index in [1.165, 1.54) is 19.6 Å². The van der Waals surface area contributed by atoms with Crippen LogP contribution in [0.15, 0.2) is 78.9 Å². The molecule has 5 nitrogen and oxygen atoms in total. The fourth-order valence-corrected chi connectivity index (χ4v) is 2.98. The van der Waals surface area contributed by atoms with Gasteiger partial charge in [-0.3, -0.25) is 14.4 Å². The largest absolute Gasteiger partial charge is 0.496 e. The zero-order chi connectivity index (χ0) is 26.4. The van der Waals surface area contributed by atoms with Crippen LogP contribution in [0.4, 0.5) is 0 Å². The average molecular weight is 477 g/mol. The molecule has 0 saturated heterocycles. The minimum absolute atomic E-state index is 0.0214. The zero-order valence-corrected chi connectivity index (χ0v) is 21.8. The fourth-order valence-electron chi connectivity index (χ4n) is 2.98. The van der Waals surface area contributed by atoms with E-state index in [0.29, 0.717) is 16.9 Å². The molecule has 5 heteroatoms. The molecule has 0 radical (unpaired) electrons. The second-order valence-electron chi connectivity index (χ2n) is 8.86. The molecule has 0 heterocycles. The van der Waals surface area contributed by atoms with Gasteiger partial charge in [0.25, 0.3) is 0 Å². The van der Waals surface area contributed by atoms with Crippen LogP contribution in [0.3, 0.4) is 0 Å². The molecule has 0 aromatic heterocycles. The van der Waals surface area contributed by atoms with E-state index in [0.717, 1.165) is 5.56 Å². The molecule has 3 aromatic rings. The molecule has 0 bridgehead atoms. The summed E-state index contributed by atoms with van der Waals surface area (Å²) in [5.41, 5.74) is 3.55. The molecule has 0 aliphatic rings. The predicted molar refractivity (Wildman–Crippen MR) is 141 cm³/mol. The zero-order valence-electron chi connectivity index (χ0n) is 21.8. The van der Waals surface area contributed by atoms with Crippen molar-refractivity contribution in [2.75, 3.05) is 20.8 Å². The van der Waals surface area contributed by atoms with Gasteiger partial charge in [-0.25, -0.2) is 0 Å². The van der Waals surface area contributed by atoms with Crippen molar-refractivity contribution in [3.63, 3.8) is 0 Å². The first kappa shape index (κ1) is 29.5. The Labute approximate surface area is 209 Å². The van der Waals surface area contributed by atoms with Crippen LogP contribution in [0.2, 0.25) is 0 Å². The number of benzene rings is 3. The highest BCUT2D eigenvalue weighted by molar-refractivity contribution is 5.97. The van der Waals surface area contributed by atoms with Crippen molar-refractivity contribution in [2.24, 2.45) is 0 Å². The topological polar surface area (TPSA) is 69.7 Å². The van der Waals surface area contributed by atoms with Crippen molar-refractivity contribution in [2.45, 2.75) is 40.0 Å². The van der Waals surface area contributed by atoms with E-state index < -0.39 is 0 Å². The summed E-state index contributed by atoms with van der Waals surface area (Å²) in [6, 6.07) is 24.1. The molecule has 3 aromatic carbocycles. The number of ketones is 3.